The number of hydrogen-bond donors (Lipinski definition) is 0. The Hall–Kier alpha value is -1.83. The van der Waals surface area contributed by atoms with Crippen molar-refractivity contribution < 1.29 is 9.53 Å². The van der Waals surface area contributed by atoms with Crippen LogP contribution >= 0.6 is 0 Å². The number of esters is 1. The fourth-order valence-electron chi connectivity index (χ4n) is 2.00. The number of rotatable bonds is 3. The van der Waals surface area contributed by atoms with Crippen molar-refractivity contribution in [1.29, 1.82) is 0 Å². The van der Waals surface area contributed by atoms with Crippen molar-refractivity contribution in [2.45, 2.75) is 20.3 Å². The number of hydrogen-bond acceptors (Lipinski definition) is 2. The molecule has 18 heavy (non-hydrogen) atoms. The van der Waals surface area contributed by atoms with Gasteiger partial charge in [-0.25, -0.2) is 4.79 Å². The van der Waals surface area contributed by atoms with Crippen LogP contribution in [-0.4, -0.2) is 12.6 Å². The van der Waals surface area contributed by atoms with Crippen LogP contribution in [0.1, 0.15) is 30.6 Å². The summed E-state index contributed by atoms with van der Waals surface area (Å²) in [6, 6.07) is 9.11. The molecule has 0 saturated heterocycles. The molecule has 1 unspecified atom stereocenters. The van der Waals surface area contributed by atoms with E-state index >= 15 is 0 Å². The van der Waals surface area contributed by atoms with Gasteiger partial charge in [-0.05, 0) is 32.4 Å². The van der Waals surface area contributed by atoms with Gasteiger partial charge in [0.25, 0.3) is 0 Å². The average Bonchev–Trinajstić information content (AvgIpc) is 2.41. The summed E-state index contributed by atoms with van der Waals surface area (Å²) in [5.74, 6) is 0.0642. The van der Waals surface area contributed by atoms with E-state index < -0.39 is 0 Å². The Labute approximate surface area is 108 Å². The molecule has 1 aromatic rings. The molecule has 1 aliphatic rings. The van der Waals surface area contributed by atoms with Crippen LogP contribution in [-0.2, 0) is 4.74 Å². The summed E-state index contributed by atoms with van der Waals surface area (Å²) < 4.78 is 5.34. The van der Waals surface area contributed by atoms with E-state index in [-0.39, 0.29) is 5.97 Å². The molecule has 0 spiro atoms. The van der Waals surface area contributed by atoms with Crippen molar-refractivity contribution in [3.05, 3.63) is 59.2 Å². The largest absolute Gasteiger partial charge is 0.461 e. The Morgan fingerprint density at radius 2 is 2.00 bits per heavy atom. The van der Waals surface area contributed by atoms with Crippen LogP contribution < -0.4 is 0 Å². The molecule has 0 aromatic heterocycles. The molecule has 1 atom stereocenters. The maximum atomic E-state index is 11.8. The molecule has 1 aromatic carbocycles. The van der Waals surface area contributed by atoms with Gasteiger partial charge in [-0.1, -0.05) is 41.5 Å². The lowest BCUT2D eigenvalue weighted by atomic mass is 9.92. The molecule has 2 heteroatoms. The summed E-state index contributed by atoms with van der Waals surface area (Å²) in [4.78, 5) is 11.8. The molecule has 0 heterocycles. The molecule has 2 nitrogen and oxygen atoms in total. The Morgan fingerprint density at radius 3 is 2.67 bits per heavy atom. The zero-order chi connectivity index (χ0) is 13.0. The van der Waals surface area contributed by atoms with E-state index in [1.807, 2.05) is 18.2 Å². The third-order valence-corrected chi connectivity index (χ3v) is 3.30. The molecular weight excluding hydrogens is 224 g/mol. The zero-order valence-electron chi connectivity index (χ0n) is 10.8. The van der Waals surface area contributed by atoms with Crippen molar-refractivity contribution in [2.24, 2.45) is 5.92 Å². The Bertz CT molecular complexity index is 483. The Kier molecular flexibility index (Phi) is 3.98. The summed E-state index contributed by atoms with van der Waals surface area (Å²) in [5.41, 5.74) is 3.31. The first-order chi connectivity index (χ1) is 8.66. The standard InChI is InChI=1S/C16H18O2/c1-12-8-9-14(10-13(12)2)11-18-16(17)15-6-4-3-5-7-15/h3-9,14H,10-11H2,1-2H3. The van der Waals surface area contributed by atoms with Crippen molar-refractivity contribution in [3.63, 3.8) is 0 Å². The van der Waals surface area contributed by atoms with E-state index in [2.05, 4.69) is 26.0 Å². The van der Waals surface area contributed by atoms with Gasteiger partial charge >= 0.3 is 5.97 Å². The summed E-state index contributed by atoms with van der Waals surface area (Å²) in [6.45, 7) is 4.69. The summed E-state index contributed by atoms with van der Waals surface area (Å²) >= 11 is 0. The maximum Gasteiger partial charge on any atom is 0.338 e. The molecule has 0 bridgehead atoms. The van der Waals surface area contributed by atoms with Gasteiger partial charge in [0.2, 0.25) is 0 Å². The summed E-state index contributed by atoms with van der Waals surface area (Å²) in [5, 5.41) is 0. The highest BCUT2D eigenvalue weighted by Gasteiger charge is 2.14. The highest BCUT2D eigenvalue weighted by Crippen LogP contribution is 2.23. The number of benzene rings is 1. The summed E-state index contributed by atoms with van der Waals surface area (Å²) in [7, 11) is 0. The van der Waals surface area contributed by atoms with Crippen LogP contribution in [0.4, 0.5) is 0 Å². The van der Waals surface area contributed by atoms with Crippen LogP contribution in [0.3, 0.4) is 0 Å². The number of carbonyl (C=O) groups is 1. The van der Waals surface area contributed by atoms with Gasteiger partial charge in [-0.3, -0.25) is 0 Å². The molecule has 0 aliphatic heterocycles. The van der Waals surface area contributed by atoms with Crippen molar-refractivity contribution in [1.82, 2.24) is 0 Å². The van der Waals surface area contributed by atoms with Crippen molar-refractivity contribution in [2.75, 3.05) is 6.61 Å². The van der Waals surface area contributed by atoms with Crippen LogP contribution in [0.5, 0.6) is 0 Å². The highest BCUT2D eigenvalue weighted by atomic mass is 16.5. The maximum absolute atomic E-state index is 11.8. The number of ether oxygens (including phenoxy) is 1. The minimum absolute atomic E-state index is 0.243. The lowest BCUT2D eigenvalue weighted by Crippen LogP contribution is -2.15. The fraction of sp³-hybridized carbons (Fsp3) is 0.312. The first kappa shape index (κ1) is 12.6. The van der Waals surface area contributed by atoms with Crippen LogP contribution in [0.15, 0.2) is 53.6 Å². The lowest BCUT2D eigenvalue weighted by Gasteiger charge is -2.18. The van der Waals surface area contributed by atoms with Crippen molar-refractivity contribution in [3.8, 4) is 0 Å². The topological polar surface area (TPSA) is 26.3 Å². The van der Waals surface area contributed by atoms with Gasteiger partial charge in [0, 0.05) is 5.92 Å². The van der Waals surface area contributed by atoms with E-state index in [4.69, 9.17) is 4.74 Å². The fourth-order valence-corrected chi connectivity index (χ4v) is 2.00. The second-order valence-corrected chi connectivity index (χ2v) is 4.75. The van der Waals surface area contributed by atoms with Crippen LogP contribution in [0.25, 0.3) is 0 Å². The summed E-state index contributed by atoms with van der Waals surface area (Å²) in [6.07, 6.45) is 5.21. The minimum atomic E-state index is -0.243. The molecule has 0 fully saturated rings. The molecule has 2 rings (SSSR count). The van der Waals surface area contributed by atoms with E-state index in [9.17, 15) is 4.79 Å². The van der Waals surface area contributed by atoms with Crippen molar-refractivity contribution >= 4 is 5.97 Å². The van der Waals surface area contributed by atoms with E-state index in [1.54, 1.807) is 12.1 Å². The van der Waals surface area contributed by atoms with Crippen LogP contribution in [0.2, 0.25) is 0 Å². The predicted octanol–water partition coefficient (Wildman–Crippen LogP) is 3.76. The molecule has 0 radical (unpaired) electrons. The second kappa shape index (κ2) is 5.67. The molecular formula is C16H18O2. The molecule has 0 amide bonds. The SMILES string of the molecule is CC1=C(C)CC(COC(=O)c2ccccc2)C=C1. The normalized spacial score (nSPS) is 18.9. The Balaban J connectivity index is 1.87. The van der Waals surface area contributed by atoms with Gasteiger partial charge in [-0.2, -0.15) is 0 Å². The molecule has 1 aliphatic carbocycles. The second-order valence-electron chi connectivity index (χ2n) is 4.75. The quantitative estimate of drug-likeness (QED) is 0.754. The van der Waals surface area contributed by atoms with Gasteiger partial charge < -0.3 is 4.74 Å². The van der Waals surface area contributed by atoms with Gasteiger partial charge in [0.15, 0.2) is 0 Å². The average molecular weight is 242 g/mol. The first-order valence-corrected chi connectivity index (χ1v) is 6.23. The molecule has 94 valence electrons. The monoisotopic (exact) mass is 242 g/mol. The molecule has 0 saturated carbocycles. The Morgan fingerprint density at radius 1 is 1.28 bits per heavy atom. The smallest absolute Gasteiger partial charge is 0.338 e. The highest BCUT2D eigenvalue weighted by molar-refractivity contribution is 5.89. The third kappa shape index (κ3) is 3.10. The van der Waals surface area contributed by atoms with E-state index in [0.717, 1.165) is 6.42 Å². The van der Waals surface area contributed by atoms with Gasteiger partial charge in [-0.15, -0.1) is 0 Å². The van der Waals surface area contributed by atoms with Gasteiger partial charge in [0.05, 0.1) is 12.2 Å². The minimum Gasteiger partial charge on any atom is -0.461 e. The predicted molar refractivity (Wildman–Crippen MR) is 72.3 cm³/mol. The number of carbonyl (C=O) groups excluding carboxylic acids is 1. The molecule has 0 N–H and O–H groups in total. The van der Waals surface area contributed by atoms with E-state index in [1.165, 1.54) is 11.1 Å². The van der Waals surface area contributed by atoms with Crippen LogP contribution in [0, 0.1) is 5.92 Å². The van der Waals surface area contributed by atoms with Gasteiger partial charge in [0.1, 0.15) is 0 Å². The number of allylic oxidation sites excluding steroid dienone is 3. The lowest BCUT2D eigenvalue weighted by molar-refractivity contribution is 0.0463. The first-order valence-electron chi connectivity index (χ1n) is 6.23. The van der Waals surface area contributed by atoms with E-state index in [0.29, 0.717) is 18.1 Å². The zero-order valence-corrected chi connectivity index (χ0v) is 10.8. The third-order valence-electron chi connectivity index (χ3n) is 3.30.